The lowest BCUT2D eigenvalue weighted by Crippen LogP contribution is -2.61. The zero-order chi connectivity index (χ0) is 26.5. The molecule has 1 saturated heterocycles. The van der Waals surface area contributed by atoms with Crippen LogP contribution in [0.25, 0.3) is 11.0 Å². The first-order valence-electron chi connectivity index (χ1n) is 11.3. The fourth-order valence-electron chi connectivity index (χ4n) is 4.61. The van der Waals surface area contributed by atoms with Gasteiger partial charge in [-0.25, -0.2) is 4.98 Å². The molecule has 0 spiro atoms. The van der Waals surface area contributed by atoms with Crippen LogP contribution in [0.2, 0.25) is 0 Å². The van der Waals surface area contributed by atoms with Crippen molar-refractivity contribution in [2.24, 2.45) is 0 Å². The van der Waals surface area contributed by atoms with Crippen LogP contribution in [0.3, 0.4) is 0 Å². The summed E-state index contributed by atoms with van der Waals surface area (Å²) in [4.78, 5) is 45.7. The maximum atomic E-state index is 13.4. The molecule has 3 amide bonds. The molecule has 2 aliphatic heterocycles. The van der Waals surface area contributed by atoms with Crippen molar-refractivity contribution in [3.05, 3.63) is 52.6 Å². The van der Waals surface area contributed by atoms with Crippen molar-refractivity contribution in [1.29, 1.82) is 0 Å². The third kappa shape index (κ3) is 4.42. The second-order valence-corrected chi connectivity index (χ2v) is 9.50. The van der Waals surface area contributed by atoms with Crippen LogP contribution < -0.4 is 15.2 Å². The van der Waals surface area contributed by atoms with Gasteiger partial charge in [-0.05, 0) is 42.9 Å². The average Bonchev–Trinajstić information content (AvgIpc) is 3.39. The summed E-state index contributed by atoms with van der Waals surface area (Å²) < 4.78 is 45.2. The van der Waals surface area contributed by atoms with E-state index in [1.54, 1.807) is 19.1 Å². The molecule has 3 aromatic rings. The minimum atomic E-state index is -4.60. The Kier molecular flexibility index (Phi) is 5.94. The Hall–Kier alpha value is -3.92. The molecule has 0 saturated carbocycles. The number of imidazole rings is 1. The summed E-state index contributed by atoms with van der Waals surface area (Å²) in [5.41, 5.74) is 0.459. The van der Waals surface area contributed by atoms with Gasteiger partial charge in [-0.3, -0.25) is 19.7 Å². The minimum absolute atomic E-state index is 0.0780. The summed E-state index contributed by atoms with van der Waals surface area (Å²) in [5, 5.41) is 5.36. The van der Waals surface area contributed by atoms with E-state index in [0.717, 1.165) is 17.2 Å². The smallest absolute Gasteiger partial charge is 0.420 e. The number of alkyl halides is 3. The molecule has 13 heteroatoms. The van der Waals surface area contributed by atoms with Gasteiger partial charge in [0.2, 0.25) is 11.9 Å². The summed E-state index contributed by atoms with van der Waals surface area (Å²) >= 11 is 0. The number of carbonyl (C=O) groups excluding carboxylic acids is 3. The fraction of sp³-hybridized carbons (Fsp3) is 0.292. The number of carbonyl (C=O) groups is 3. The molecule has 1 atom stereocenters. The number of anilines is 1. The van der Waals surface area contributed by atoms with Gasteiger partial charge in [-0.1, -0.05) is 12.1 Å². The third-order valence-corrected chi connectivity index (χ3v) is 6.99. The van der Waals surface area contributed by atoms with Gasteiger partial charge >= 0.3 is 6.18 Å². The molecular formula is C24H21F3N5O4P. The number of nitrogens with one attached hydrogen (secondary N) is 3. The molecular weight excluding hydrogens is 510 g/mol. The van der Waals surface area contributed by atoms with Gasteiger partial charge in [0.15, 0.2) is 0 Å². The number of aromatic nitrogens is 2. The molecule has 0 radical (unpaired) electrons. The molecule has 5 rings (SSSR count). The maximum absolute atomic E-state index is 13.4. The average molecular weight is 531 g/mol. The van der Waals surface area contributed by atoms with Crippen LogP contribution in [0.4, 0.5) is 19.1 Å². The predicted octanol–water partition coefficient (Wildman–Crippen LogP) is 4.02. The summed E-state index contributed by atoms with van der Waals surface area (Å²) in [7, 11) is 0.0780. The van der Waals surface area contributed by atoms with Crippen LogP contribution in [-0.2, 0) is 28.9 Å². The monoisotopic (exact) mass is 531 g/mol. The molecule has 192 valence electrons. The molecule has 9 nitrogen and oxygen atoms in total. The summed E-state index contributed by atoms with van der Waals surface area (Å²) in [6.45, 7) is 2.15. The highest BCUT2D eigenvalue weighted by molar-refractivity contribution is 7.31. The largest absolute Gasteiger partial charge is 0.439 e. The van der Waals surface area contributed by atoms with Gasteiger partial charge in [0.05, 0.1) is 11.0 Å². The fourth-order valence-corrected chi connectivity index (χ4v) is 4.90. The molecule has 37 heavy (non-hydrogen) atoms. The van der Waals surface area contributed by atoms with Crippen molar-refractivity contribution in [1.82, 2.24) is 20.2 Å². The zero-order valence-corrected chi connectivity index (χ0v) is 20.4. The third-order valence-electron chi connectivity index (χ3n) is 6.66. The van der Waals surface area contributed by atoms with E-state index in [1.165, 1.54) is 11.0 Å². The molecule has 1 aromatic heterocycles. The van der Waals surface area contributed by atoms with Crippen LogP contribution in [0.5, 0.6) is 5.75 Å². The predicted molar refractivity (Wildman–Crippen MR) is 130 cm³/mol. The second kappa shape index (κ2) is 8.88. The Bertz CT molecular complexity index is 1470. The van der Waals surface area contributed by atoms with Crippen LogP contribution >= 0.6 is 8.43 Å². The van der Waals surface area contributed by atoms with Crippen LogP contribution in [0.15, 0.2) is 30.3 Å². The number of piperidine rings is 1. The Morgan fingerprint density at radius 3 is 2.73 bits per heavy atom. The number of benzene rings is 2. The molecule has 3 heterocycles. The molecule has 1 unspecified atom stereocenters. The number of hydrogen-bond acceptors (Lipinski definition) is 6. The molecule has 2 aromatic carbocycles. The highest BCUT2D eigenvalue weighted by atomic mass is 31.1. The number of imide groups is 1. The molecule has 0 bridgehead atoms. The van der Waals surface area contributed by atoms with E-state index in [1.807, 2.05) is 6.07 Å². The number of amides is 3. The van der Waals surface area contributed by atoms with Gasteiger partial charge in [0, 0.05) is 31.1 Å². The van der Waals surface area contributed by atoms with Crippen LogP contribution in [-0.4, -0.2) is 44.4 Å². The van der Waals surface area contributed by atoms with E-state index in [-0.39, 0.29) is 63.4 Å². The first-order chi connectivity index (χ1) is 17.5. The lowest BCUT2D eigenvalue weighted by Gasteiger charge is -2.39. The second-order valence-electron chi connectivity index (χ2n) is 9.06. The zero-order valence-electron chi connectivity index (χ0n) is 19.5. The first-order valence-corrected chi connectivity index (χ1v) is 12.3. The van der Waals surface area contributed by atoms with Gasteiger partial charge in [-0.15, -0.1) is 0 Å². The normalized spacial score (nSPS) is 19.9. The number of nitrogens with zero attached hydrogens (tertiary/aromatic N) is 2. The van der Waals surface area contributed by atoms with Gasteiger partial charge in [-0.2, -0.15) is 13.2 Å². The Balaban J connectivity index is 1.33. The Morgan fingerprint density at radius 2 is 2.03 bits per heavy atom. The molecule has 1 fully saturated rings. The van der Waals surface area contributed by atoms with Crippen molar-refractivity contribution in [2.75, 3.05) is 5.32 Å². The maximum Gasteiger partial charge on any atom is 0.420 e. The van der Waals surface area contributed by atoms with E-state index in [9.17, 15) is 27.6 Å². The van der Waals surface area contributed by atoms with Crippen molar-refractivity contribution < 1.29 is 32.1 Å². The van der Waals surface area contributed by atoms with Crippen molar-refractivity contribution in [2.45, 2.75) is 44.6 Å². The molecule has 2 aliphatic rings. The quantitative estimate of drug-likeness (QED) is 0.327. The van der Waals surface area contributed by atoms with E-state index >= 15 is 0 Å². The van der Waals surface area contributed by atoms with Gasteiger partial charge in [0.25, 0.3) is 11.8 Å². The van der Waals surface area contributed by atoms with Crippen LogP contribution in [0.1, 0.15) is 46.8 Å². The first kappa shape index (κ1) is 24.8. The summed E-state index contributed by atoms with van der Waals surface area (Å²) in [5.74, 6) is -1.22. The number of aromatic amines is 1. The minimum Gasteiger partial charge on any atom is -0.439 e. The van der Waals surface area contributed by atoms with E-state index in [0.29, 0.717) is 11.1 Å². The van der Waals surface area contributed by atoms with Gasteiger partial charge in [0.1, 0.15) is 25.3 Å². The lowest BCUT2D eigenvalue weighted by atomic mass is 9.89. The number of hydrogen-bond donors (Lipinski definition) is 3. The topological polar surface area (TPSA) is 116 Å². The number of rotatable bonds is 6. The number of halogens is 3. The van der Waals surface area contributed by atoms with E-state index in [4.69, 9.17) is 4.52 Å². The molecule has 3 N–H and O–H groups in total. The highest BCUT2D eigenvalue weighted by Crippen LogP contribution is 2.40. The van der Waals surface area contributed by atoms with Crippen molar-refractivity contribution in [3.8, 4) is 5.75 Å². The van der Waals surface area contributed by atoms with E-state index < -0.39 is 23.2 Å². The molecule has 0 aliphatic carbocycles. The summed E-state index contributed by atoms with van der Waals surface area (Å²) in [6.07, 6.45) is -0.796. The lowest BCUT2D eigenvalue weighted by molar-refractivity contribution is -0.142. The van der Waals surface area contributed by atoms with Gasteiger partial charge < -0.3 is 19.7 Å². The Labute approximate surface area is 210 Å². The summed E-state index contributed by atoms with van der Waals surface area (Å²) in [6, 6.07) is 7.42. The van der Waals surface area contributed by atoms with Crippen LogP contribution in [0, 0.1) is 0 Å². The Morgan fingerprint density at radius 1 is 1.24 bits per heavy atom. The number of H-pyrrole nitrogens is 1. The van der Waals surface area contributed by atoms with Crippen molar-refractivity contribution >= 4 is 49.4 Å². The van der Waals surface area contributed by atoms with Crippen molar-refractivity contribution in [3.63, 3.8) is 0 Å². The van der Waals surface area contributed by atoms with E-state index in [2.05, 4.69) is 26.9 Å². The highest BCUT2D eigenvalue weighted by Gasteiger charge is 2.48. The SMILES string of the molecule is C=POc1cc2nc(NCc3ccc4c(c3)CN(C3(C)CCC(=O)NC3=O)C4=O)[nH]c2cc1C(F)(F)F. The number of fused-ring (bicyclic) bond motifs is 2. The standard InChI is InChI=1S/C24H21F3N5O4P/c1-23(6-5-19(33)31-21(23)35)32-11-13-7-12(3-4-14(13)20(32)34)10-28-22-29-16-8-15(24(25,26)27)18(36-37-2)9-17(16)30-22/h3-4,7-9H,2,5-6,10-11H2,1H3,(H2,28,29,30)(H,31,33,35).